The largest absolute Gasteiger partial charge is 0.353 e. The summed E-state index contributed by atoms with van der Waals surface area (Å²) in [5, 5.41) is 3.13. The first kappa shape index (κ1) is 14.8. The minimum absolute atomic E-state index is 0.179. The van der Waals surface area contributed by atoms with Crippen LogP contribution in [-0.2, 0) is 4.79 Å². The third-order valence-electron chi connectivity index (χ3n) is 3.47. The maximum atomic E-state index is 11.7. The van der Waals surface area contributed by atoms with Gasteiger partial charge in [0.1, 0.15) is 0 Å². The number of nitrogens with one attached hydrogen (secondary N) is 1. The Morgan fingerprint density at radius 1 is 1.41 bits per heavy atom. The molecule has 1 rings (SSSR count). The monoisotopic (exact) mass is 258 g/mol. The maximum absolute atomic E-state index is 11.7. The van der Waals surface area contributed by atoms with E-state index in [2.05, 4.69) is 19.2 Å². The lowest BCUT2D eigenvalue weighted by atomic mass is 9.87. The Morgan fingerprint density at radius 2 is 2.06 bits per heavy atom. The van der Waals surface area contributed by atoms with Crippen LogP contribution in [0.25, 0.3) is 0 Å². The first-order chi connectivity index (χ1) is 8.11. The van der Waals surface area contributed by atoms with Gasteiger partial charge in [-0.2, -0.15) is 11.8 Å². The van der Waals surface area contributed by atoms with Crippen molar-refractivity contribution in [2.24, 2.45) is 11.7 Å². The lowest BCUT2D eigenvalue weighted by Gasteiger charge is -2.26. The molecule has 0 spiro atoms. The summed E-state index contributed by atoms with van der Waals surface area (Å²) in [6.07, 6.45) is 5.77. The first-order valence-corrected chi connectivity index (χ1v) is 7.90. The fourth-order valence-electron chi connectivity index (χ4n) is 2.09. The Bertz CT molecular complexity index is 227. The van der Waals surface area contributed by atoms with Crippen molar-refractivity contribution in [1.29, 1.82) is 0 Å². The second-order valence-corrected chi connectivity index (χ2v) is 6.24. The maximum Gasteiger partial charge on any atom is 0.230 e. The van der Waals surface area contributed by atoms with Crippen LogP contribution in [0, 0.1) is 5.92 Å². The van der Waals surface area contributed by atoms with Gasteiger partial charge in [0.2, 0.25) is 5.91 Å². The van der Waals surface area contributed by atoms with Crippen LogP contribution in [-0.4, -0.2) is 29.5 Å². The second-order valence-electron chi connectivity index (χ2n) is 5.21. The molecule has 0 saturated heterocycles. The summed E-state index contributed by atoms with van der Waals surface area (Å²) < 4.78 is 0. The number of amides is 1. The number of hydrogen-bond donors (Lipinski definition) is 2. The molecule has 0 heterocycles. The van der Waals surface area contributed by atoms with E-state index in [0.29, 0.717) is 11.8 Å². The van der Waals surface area contributed by atoms with Crippen LogP contribution >= 0.6 is 11.8 Å². The lowest BCUT2D eigenvalue weighted by molar-refractivity contribution is -0.119. The molecule has 1 atom stereocenters. The summed E-state index contributed by atoms with van der Waals surface area (Å²) >= 11 is 1.65. The summed E-state index contributed by atoms with van der Waals surface area (Å²) in [7, 11) is 0. The zero-order chi connectivity index (χ0) is 12.7. The summed E-state index contributed by atoms with van der Waals surface area (Å²) in [5.74, 6) is 2.45. The van der Waals surface area contributed by atoms with E-state index in [1.54, 1.807) is 11.8 Å². The van der Waals surface area contributed by atoms with Gasteiger partial charge in [-0.25, -0.2) is 0 Å². The van der Waals surface area contributed by atoms with E-state index in [4.69, 9.17) is 5.73 Å². The van der Waals surface area contributed by atoms with Crippen LogP contribution in [0.15, 0.2) is 0 Å². The van der Waals surface area contributed by atoms with Gasteiger partial charge >= 0.3 is 0 Å². The molecule has 0 aromatic heterocycles. The van der Waals surface area contributed by atoms with Crippen LogP contribution in [0.4, 0.5) is 0 Å². The second kappa shape index (κ2) is 7.98. The fraction of sp³-hybridized carbons (Fsp3) is 0.923. The van der Waals surface area contributed by atoms with Gasteiger partial charge in [0, 0.05) is 17.8 Å². The average molecular weight is 258 g/mol. The van der Waals surface area contributed by atoms with Gasteiger partial charge in [0.05, 0.1) is 5.75 Å². The van der Waals surface area contributed by atoms with Crippen molar-refractivity contribution in [3.05, 3.63) is 0 Å². The Morgan fingerprint density at radius 3 is 2.65 bits per heavy atom. The predicted octanol–water partition coefficient (Wildman–Crippen LogP) is 2.15. The highest BCUT2D eigenvalue weighted by Gasteiger charge is 2.19. The minimum atomic E-state index is 0.179. The van der Waals surface area contributed by atoms with E-state index in [1.165, 1.54) is 12.8 Å². The summed E-state index contributed by atoms with van der Waals surface area (Å²) in [5.41, 5.74) is 5.81. The molecule has 4 heteroatoms. The van der Waals surface area contributed by atoms with Gasteiger partial charge in [-0.05, 0) is 38.0 Å². The molecule has 17 heavy (non-hydrogen) atoms. The predicted molar refractivity (Wildman–Crippen MR) is 75.2 cm³/mol. The van der Waals surface area contributed by atoms with Crippen LogP contribution in [0.1, 0.15) is 46.0 Å². The Hall–Kier alpha value is -0.220. The molecule has 0 bridgehead atoms. The van der Waals surface area contributed by atoms with Crippen molar-refractivity contribution in [2.45, 2.75) is 58.0 Å². The molecule has 1 amide bonds. The Labute approximate surface area is 109 Å². The van der Waals surface area contributed by atoms with Crippen molar-refractivity contribution in [3.8, 4) is 0 Å². The van der Waals surface area contributed by atoms with E-state index in [9.17, 15) is 4.79 Å². The molecular weight excluding hydrogens is 232 g/mol. The molecule has 1 unspecified atom stereocenters. The molecule has 3 N–H and O–H groups in total. The van der Waals surface area contributed by atoms with Crippen molar-refractivity contribution in [2.75, 3.05) is 11.5 Å². The molecular formula is C13H26N2OS. The highest BCUT2D eigenvalue weighted by molar-refractivity contribution is 7.99. The molecule has 0 aliphatic heterocycles. The van der Waals surface area contributed by atoms with Gasteiger partial charge in [0.25, 0.3) is 0 Å². The molecule has 1 fully saturated rings. The summed E-state index contributed by atoms with van der Waals surface area (Å²) in [6, 6.07) is 0.641. The highest BCUT2D eigenvalue weighted by Crippen LogP contribution is 2.23. The molecule has 0 aromatic rings. The van der Waals surface area contributed by atoms with Crippen LogP contribution in [0.3, 0.4) is 0 Å². The number of carbonyl (C=O) groups is 1. The van der Waals surface area contributed by atoms with Crippen molar-refractivity contribution < 1.29 is 4.79 Å². The molecule has 100 valence electrons. The highest BCUT2D eigenvalue weighted by atomic mass is 32.2. The van der Waals surface area contributed by atoms with Crippen molar-refractivity contribution >= 4 is 17.7 Å². The SMILES string of the molecule is CCC(N)CSCC(=O)NC1CCC(C)CC1. The zero-order valence-electron chi connectivity index (χ0n) is 11.1. The van der Waals surface area contributed by atoms with Gasteiger partial charge in [-0.3, -0.25) is 4.79 Å². The third-order valence-corrected chi connectivity index (χ3v) is 4.60. The Kier molecular flexibility index (Phi) is 6.97. The number of carbonyl (C=O) groups excluding carboxylic acids is 1. The summed E-state index contributed by atoms with van der Waals surface area (Å²) in [6.45, 7) is 4.37. The van der Waals surface area contributed by atoms with E-state index in [0.717, 1.165) is 30.9 Å². The van der Waals surface area contributed by atoms with Gasteiger partial charge < -0.3 is 11.1 Å². The smallest absolute Gasteiger partial charge is 0.230 e. The van der Waals surface area contributed by atoms with Gasteiger partial charge in [-0.1, -0.05) is 13.8 Å². The number of rotatable bonds is 6. The van der Waals surface area contributed by atoms with E-state index in [-0.39, 0.29) is 11.9 Å². The normalized spacial score (nSPS) is 26.5. The van der Waals surface area contributed by atoms with E-state index >= 15 is 0 Å². The van der Waals surface area contributed by atoms with Gasteiger partial charge in [-0.15, -0.1) is 0 Å². The molecule has 1 saturated carbocycles. The minimum Gasteiger partial charge on any atom is -0.353 e. The van der Waals surface area contributed by atoms with Crippen molar-refractivity contribution in [1.82, 2.24) is 5.32 Å². The lowest BCUT2D eigenvalue weighted by Crippen LogP contribution is -2.38. The number of nitrogens with two attached hydrogens (primary N) is 1. The van der Waals surface area contributed by atoms with E-state index in [1.807, 2.05) is 0 Å². The molecule has 0 radical (unpaired) electrons. The summed E-state index contributed by atoms with van der Waals surface area (Å²) in [4.78, 5) is 11.7. The molecule has 1 aliphatic carbocycles. The number of hydrogen-bond acceptors (Lipinski definition) is 3. The number of thioether (sulfide) groups is 1. The van der Waals surface area contributed by atoms with E-state index < -0.39 is 0 Å². The van der Waals surface area contributed by atoms with Crippen LogP contribution < -0.4 is 11.1 Å². The standard InChI is InChI=1S/C13H26N2OS/c1-3-11(14)8-17-9-13(16)15-12-6-4-10(2)5-7-12/h10-12H,3-9,14H2,1-2H3,(H,15,16). The third kappa shape index (κ3) is 6.32. The molecule has 1 aliphatic rings. The zero-order valence-corrected chi connectivity index (χ0v) is 11.9. The average Bonchev–Trinajstić information content (AvgIpc) is 2.32. The van der Waals surface area contributed by atoms with Crippen LogP contribution in [0.2, 0.25) is 0 Å². The quantitative estimate of drug-likeness (QED) is 0.767. The topological polar surface area (TPSA) is 55.1 Å². The molecule has 0 aromatic carbocycles. The molecule has 3 nitrogen and oxygen atoms in total. The van der Waals surface area contributed by atoms with Gasteiger partial charge in [0.15, 0.2) is 0 Å². The first-order valence-electron chi connectivity index (χ1n) is 6.74. The van der Waals surface area contributed by atoms with Crippen molar-refractivity contribution in [3.63, 3.8) is 0 Å². The van der Waals surface area contributed by atoms with Crippen LogP contribution in [0.5, 0.6) is 0 Å². The fourth-order valence-corrected chi connectivity index (χ4v) is 3.02. The Balaban J connectivity index is 2.08.